The molecule has 0 aromatic carbocycles. The van der Waals surface area contributed by atoms with Crippen molar-refractivity contribution in [3.05, 3.63) is 0 Å². The Balaban J connectivity index is 4.15. The first kappa shape index (κ1) is 17.3. The maximum atomic E-state index is 11.1. The minimum atomic E-state index is -3.99. The van der Waals surface area contributed by atoms with Gasteiger partial charge < -0.3 is 24.6 Å². The summed E-state index contributed by atoms with van der Waals surface area (Å²) >= 11 is 0. The third-order valence-corrected chi connectivity index (χ3v) is 2.55. The molecule has 9 nitrogen and oxygen atoms in total. The highest BCUT2D eigenvalue weighted by Crippen LogP contribution is 2.38. The van der Waals surface area contributed by atoms with E-state index < -0.39 is 39.6 Å². The maximum absolute atomic E-state index is 11.1. The first-order valence-electron chi connectivity index (χ1n) is 4.73. The topological polar surface area (TPSA) is 153 Å². The number of carbonyl (C=O) groups excluding carboxylic acids is 2. The third-order valence-electron chi connectivity index (χ3n) is 1.49. The molecule has 0 amide bonds. The van der Waals surface area contributed by atoms with Gasteiger partial charge >= 0.3 is 27.1 Å². The van der Waals surface area contributed by atoms with E-state index in [-0.39, 0.29) is 6.42 Å². The van der Waals surface area contributed by atoms with Crippen LogP contribution < -0.4 is 5.73 Å². The molecule has 0 heterocycles. The molecule has 0 fully saturated rings. The predicted molar refractivity (Wildman–Crippen MR) is 60.9 cm³/mol. The Bertz CT molecular complexity index is 410. The van der Waals surface area contributed by atoms with Crippen molar-refractivity contribution in [1.82, 2.24) is 0 Å². The third kappa shape index (κ3) is 9.32. The van der Waals surface area contributed by atoms with E-state index in [0.717, 1.165) is 13.3 Å². The second-order valence-corrected chi connectivity index (χ2v) is 7.20. The minimum Gasteiger partial charge on any atom is -0.392 e. The van der Waals surface area contributed by atoms with Crippen molar-refractivity contribution in [3.63, 3.8) is 0 Å². The molecule has 18 heavy (non-hydrogen) atoms. The number of rotatable bonds is 6. The van der Waals surface area contributed by atoms with Gasteiger partial charge in [0.15, 0.2) is 0 Å². The summed E-state index contributed by atoms with van der Waals surface area (Å²) in [5.41, 5.74) is 5.29. The Morgan fingerprint density at radius 2 is 1.61 bits per heavy atom. The molecule has 0 rings (SSSR count). The quantitative estimate of drug-likeness (QED) is 0.566. The molecule has 0 saturated carbocycles. The van der Waals surface area contributed by atoms with Gasteiger partial charge in [-0.3, -0.25) is 9.59 Å². The van der Waals surface area contributed by atoms with Crippen molar-refractivity contribution in [2.24, 2.45) is 5.73 Å². The van der Waals surface area contributed by atoms with Crippen LogP contribution in [0.3, 0.4) is 0 Å². The second kappa shape index (κ2) is 6.45. The minimum absolute atomic E-state index is 0.238. The van der Waals surface area contributed by atoms with E-state index in [1.165, 1.54) is 0 Å². The lowest BCUT2D eigenvalue weighted by molar-refractivity contribution is -0.137. The summed E-state index contributed by atoms with van der Waals surface area (Å²) in [6, 6.07) is -1.30. The van der Waals surface area contributed by atoms with E-state index in [1.807, 2.05) is 0 Å². The van der Waals surface area contributed by atoms with E-state index in [2.05, 4.69) is 9.05 Å². The molecule has 3 atom stereocenters. The van der Waals surface area contributed by atoms with Gasteiger partial charge in [0.2, 0.25) is 0 Å². The predicted octanol–water partition coefficient (Wildman–Crippen LogP) is -0.189. The number of hydrogen-bond acceptors (Lipinski definition) is 7. The molecule has 0 radical (unpaired) electrons. The zero-order valence-electron chi connectivity index (χ0n) is 9.81. The summed E-state index contributed by atoms with van der Waals surface area (Å²) in [6.45, 7) is 1.64. The molecular formula is C7H15NO8P2. The Morgan fingerprint density at radius 3 is 2.00 bits per heavy atom. The van der Waals surface area contributed by atoms with E-state index in [4.69, 9.17) is 15.5 Å². The standard InChI is InChI=1S/C7H15NO8P2/c1-17(11,12)15-6(9)4-3-5(8)7(10)16-18(2,13)14/h5H,3-4,8H2,1-2H3,(H,11,12)(H,13,14)/t5-/m0/s1. The lowest BCUT2D eigenvalue weighted by atomic mass is 10.2. The van der Waals surface area contributed by atoms with Crippen LogP contribution in [0.2, 0.25) is 0 Å². The van der Waals surface area contributed by atoms with Gasteiger partial charge in [0, 0.05) is 19.8 Å². The summed E-state index contributed by atoms with van der Waals surface area (Å²) in [7, 11) is -7.92. The van der Waals surface area contributed by atoms with Crippen molar-refractivity contribution in [2.45, 2.75) is 18.9 Å². The molecule has 4 N–H and O–H groups in total. The largest absolute Gasteiger partial charge is 0.392 e. The smallest absolute Gasteiger partial charge is 0.375 e. The van der Waals surface area contributed by atoms with Crippen LogP contribution in [0.1, 0.15) is 12.8 Å². The molecule has 0 aromatic heterocycles. The molecule has 11 heteroatoms. The van der Waals surface area contributed by atoms with E-state index in [9.17, 15) is 18.7 Å². The molecule has 0 saturated heterocycles. The molecule has 0 aliphatic heterocycles. The van der Waals surface area contributed by atoms with Crippen LogP contribution in [0.4, 0.5) is 0 Å². The van der Waals surface area contributed by atoms with Crippen LogP contribution >= 0.6 is 15.2 Å². The Hall–Kier alpha value is -0.720. The summed E-state index contributed by atoms with van der Waals surface area (Å²) < 4.78 is 29.7. The highest BCUT2D eigenvalue weighted by Gasteiger charge is 2.24. The summed E-state index contributed by atoms with van der Waals surface area (Å²) in [5.74, 6) is -2.14. The van der Waals surface area contributed by atoms with Crippen LogP contribution in [-0.2, 0) is 27.8 Å². The fraction of sp³-hybridized carbons (Fsp3) is 0.714. The van der Waals surface area contributed by atoms with Gasteiger partial charge in [0.1, 0.15) is 6.04 Å². The Kier molecular flexibility index (Phi) is 6.19. The highest BCUT2D eigenvalue weighted by molar-refractivity contribution is 7.52. The average Bonchev–Trinajstić information content (AvgIpc) is 2.08. The van der Waals surface area contributed by atoms with Gasteiger partial charge in [-0.15, -0.1) is 0 Å². The SMILES string of the molecule is CP(=O)(O)OC(=O)CC[C@H](N)C(=O)OP(C)(=O)O. The van der Waals surface area contributed by atoms with Crippen LogP contribution in [0, 0.1) is 0 Å². The first-order valence-corrected chi connectivity index (χ1v) is 8.77. The summed E-state index contributed by atoms with van der Waals surface area (Å²) in [4.78, 5) is 39.6. The van der Waals surface area contributed by atoms with Gasteiger partial charge in [-0.25, -0.2) is 9.13 Å². The van der Waals surface area contributed by atoms with Crippen molar-refractivity contribution in [2.75, 3.05) is 13.3 Å². The lowest BCUT2D eigenvalue weighted by Gasteiger charge is -2.12. The van der Waals surface area contributed by atoms with Gasteiger partial charge in [-0.05, 0) is 6.42 Å². The summed E-state index contributed by atoms with van der Waals surface area (Å²) in [5, 5.41) is 0. The van der Waals surface area contributed by atoms with E-state index >= 15 is 0 Å². The van der Waals surface area contributed by atoms with Gasteiger partial charge in [0.25, 0.3) is 0 Å². The van der Waals surface area contributed by atoms with Crippen molar-refractivity contribution >= 4 is 27.1 Å². The molecule has 2 unspecified atom stereocenters. The molecular weight excluding hydrogens is 288 g/mol. The molecule has 0 spiro atoms. The van der Waals surface area contributed by atoms with E-state index in [0.29, 0.717) is 0 Å². The zero-order valence-corrected chi connectivity index (χ0v) is 11.6. The number of nitrogens with two attached hydrogens (primary N) is 1. The fourth-order valence-corrected chi connectivity index (χ4v) is 1.80. The monoisotopic (exact) mass is 303 g/mol. The molecule has 106 valence electrons. The molecule has 0 aromatic rings. The number of hydrogen-bond donors (Lipinski definition) is 3. The second-order valence-electron chi connectivity index (χ2n) is 3.62. The highest BCUT2D eigenvalue weighted by atomic mass is 31.2. The fourth-order valence-electron chi connectivity index (χ4n) is 0.860. The van der Waals surface area contributed by atoms with Gasteiger partial charge in [0.05, 0.1) is 0 Å². The van der Waals surface area contributed by atoms with Crippen LogP contribution in [0.25, 0.3) is 0 Å². The number of carbonyl (C=O) groups is 2. The molecule has 0 aliphatic rings. The first-order chi connectivity index (χ1) is 7.91. The summed E-state index contributed by atoms with van der Waals surface area (Å²) in [6.07, 6.45) is -0.633. The normalized spacial score (nSPS) is 19.2. The average molecular weight is 303 g/mol. The van der Waals surface area contributed by atoms with Crippen molar-refractivity contribution in [1.29, 1.82) is 0 Å². The molecule has 0 aliphatic carbocycles. The van der Waals surface area contributed by atoms with Crippen LogP contribution in [0.5, 0.6) is 0 Å². The van der Waals surface area contributed by atoms with Gasteiger partial charge in [-0.2, -0.15) is 0 Å². The zero-order chi connectivity index (χ0) is 14.6. The van der Waals surface area contributed by atoms with Crippen molar-refractivity contribution < 1.29 is 37.6 Å². The lowest BCUT2D eigenvalue weighted by Crippen LogP contribution is -2.32. The Morgan fingerprint density at radius 1 is 1.17 bits per heavy atom. The van der Waals surface area contributed by atoms with Crippen LogP contribution in [-0.4, -0.2) is 41.1 Å². The molecule has 0 bridgehead atoms. The van der Waals surface area contributed by atoms with Crippen molar-refractivity contribution in [3.8, 4) is 0 Å². The maximum Gasteiger partial charge on any atom is 0.375 e. The van der Waals surface area contributed by atoms with E-state index in [1.54, 1.807) is 0 Å². The van der Waals surface area contributed by atoms with Gasteiger partial charge in [-0.1, -0.05) is 0 Å². The Labute approximate surface area is 103 Å². The van der Waals surface area contributed by atoms with Crippen LogP contribution in [0.15, 0.2) is 0 Å².